The molecule has 122 valence electrons. The van der Waals surface area contributed by atoms with Gasteiger partial charge >= 0.3 is 12.1 Å². The van der Waals surface area contributed by atoms with E-state index in [0.29, 0.717) is 18.9 Å². The van der Waals surface area contributed by atoms with Crippen LogP contribution >= 0.6 is 0 Å². The molecule has 0 aromatic carbocycles. The summed E-state index contributed by atoms with van der Waals surface area (Å²) in [4.78, 5) is 37.4. The lowest BCUT2D eigenvalue weighted by Gasteiger charge is -2.37. The number of carbonyl (C=O) groups is 3. The summed E-state index contributed by atoms with van der Waals surface area (Å²) >= 11 is 0. The molecule has 0 saturated carbocycles. The van der Waals surface area contributed by atoms with Gasteiger partial charge in [0.1, 0.15) is 5.66 Å². The Morgan fingerprint density at radius 2 is 1.77 bits per heavy atom. The van der Waals surface area contributed by atoms with Crippen molar-refractivity contribution in [2.75, 3.05) is 13.1 Å². The first-order chi connectivity index (χ1) is 10.2. The van der Waals surface area contributed by atoms with E-state index in [1.807, 2.05) is 13.8 Å². The second-order valence-corrected chi connectivity index (χ2v) is 6.17. The van der Waals surface area contributed by atoms with Crippen LogP contribution in [0, 0.1) is 0 Å². The Balaban J connectivity index is 2.66. The van der Waals surface area contributed by atoms with E-state index in [1.165, 1.54) is 0 Å². The fourth-order valence-electron chi connectivity index (χ4n) is 3.31. The number of amides is 4. The highest BCUT2D eigenvalue weighted by atomic mass is 16.4. The Bertz CT molecular complexity index is 561. The largest absolute Gasteiger partial charge is 0.465 e. The van der Waals surface area contributed by atoms with Crippen molar-refractivity contribution in [3.8, 4) is 0 Å². The van der Waals surface area contributed by atoms with E-state index >= 15 is 0 Å². The highest BCUT2D eigenvalue weighted by Crippen LogP contribution is 2.36. The number of nitrogens with one attached hydrogen (secondary N) is 2. The van der Waals surface area contributed by atoms with E-state index < -0.39 is 23.7 Å². The average molecular weight is 311 g/mol. The number of urea groups is 1. The van der Waals surface area contributed by atoms with Crippen LogP contribution in [0.4, 0.5) is 9.59 Å². The molecule has 2 aliphatic rings. The third-order valence-electron chi connectivity index (χ3n) is 4.09. The molecule has 0 aliphatic carbocycles. The van der Waals surface area contributed by atoms with E-state index in [-0.39, 0.29) is 10.2 Å². The second kappa shape index (κ2) is 5.28. The lowest BCUT2D eigenvalue weighted by atomic mass is 10.2. The Morgan fingerprint density at radius 1 is 1.23 bits per heavy atom. The molecule has 2 rings (SSSR count). The zero-order valence-electron chi connectivity index (χ0n) is 13.4. The molecular weight excluding hydrogens is 288 g/mol. The van der Waals surface area contributed by atoms with E-state index in [4.69, 9.17) is 0 Å². The number of rotatable bonds is 4. The van der Waals surface area contributed by atoms with Gasteiger partial charge < -0.3 is 10.4 Å². The Labute approximate surface area is 129 Å². The van der Waals surface area contributed by atoms with Gasteiger partial charge in [-0.1, -0.05) is 13.8 Å². The number of imide groups is 1. The monoisotopic (exact) mass is 311 g/mol. The normalized spacial score (nSPS) is 22.3. The minimum atomic E-state index is -1.22. The van der Waals surface area contributed by atoms with Crippen molar-refractivity contribution in [2.24, 2.45) is 0 Å². The van der Waals surface area contributed by atoms with Crippen LogP contribution in [0.1, 0.15) is 40.5 Å². The zero-order valence-corrected chi connectivity index (χ0v) is 13.4. The first-order valence-electron chi connectivity index (χ1n) is 7.50. The molecule has 0 radical (unpaired) electrons. The molecule has 3 N–H and O–H groups in total. The number of carbonyl (C=O) groups excluding carboxylic acids is 2. The summed E-state index contributed by atoms with van der Waals surface area (Å²) in [6, 6.07) is -0.400. The molecule has 2 aliphatic heterocycles. The molecule has 2 heterocycles. The van der Waals surface area contributed by atoms with E-state index in [2.05, 4.69) is 10.6 Å². The quantitative estimate of drug-likeness (QED) is 0.681. The van der Waals surface area contributed by atoms with Gasteiger partial charge in [-0.15, -0.1) is 0 Å². The van der Waals surface area contributed by atoms with Crippen molar-refractivity contribution in [1.29, 1.82) is 0 Å². The molecule has 8 heteroatoms. The maximum atomic E-state index is 12.5. The molecular formula is C14H23N4O4+. The van der Waals surface area contributed by atoms with Crippen LogP contribution in [0.25, 0.3) is 0 Å². The number of hydrogen-bond acceptors (Lipinski definition) is 4. The van der Waals surface area contributed by atoms with Crippen molar-refractivity contribution in [2.45, 2.75) is 46.2 Å². The molecule has 0 fully saturated rings. The van der Waals surface area contributed by atoms with Crippen LogP contribution in [0.15, 0.2) is 11.5 Å². The molecule has 0 aromatic heterocycles. The van der Waals surface area contributed by atoms with Crippen molar-refractivity contribution < 1.29 is 24.0 Å². The summed E-state index contributed by atoms with van der Waals surface area (Å²) in [7, 11) is 0. The van der Waals surface area contributed by atoms with Crippen molar-refractivity contribution >= 4 is 18.0 Å². The lowest BCUT2D eigenvalue weighted by molar-refractivity contribution is -0.816. The molecule has 0 saturated heterocycles. The molecule has 0 bridgehead atoms. The van der Waals surface area contributed by atoms with Gasteiger partial charge in [0, 0.05) is 0 Å². The molecule has 0 atom stereocenters. The van der Waals surface area contributed by atoms with Gasteiger partial charge in [-0.3, -0.25) is 4.79 Å². The summed E-state index contributed by atoms with van der Waals surface area (Å²) < 4.78 is -0.0682. The highest BCUT2D eigenvalue weighted by molar-refractivity contribution is 6.06. The van der Waals surface area contributed by atoms with Crippen LogP contribution in [-0.4, -0.2) is 51.3 Å². The lowest BCUT2D eigenvalue weighted by Crippen LogP contribution is -2.64. The minimum Gasteiger partial charge on any atom is -0.465 e. The Hall–Kier alpha value is -2.09. The number of hydrogen-bond donors (Lipinski definition) is 3. The molecule has 22 heavy (non-hydrogen) atoms. The summed E-state index contributed by atoms with van der Waals surface area (Å²) in [5.74, 6) is -0.272. The molecule has 4 amide bonds. The third-order valence-corrected chi connectivity index (χ3v) is 4.09. The van der Waals surface area contributed by atoms with E-state index in [0.717, 1.165) is 17.7 Å². The fourth-order valence-corrected chi connectivity index (χ4v) is 3.31. The first-order valence-corrected chi connectivity index (χ1v) is 7.50. The van der Waals surface area contributed by atoms with Gasteiger partial charge in [-0.05, 0) is 26.7 Å². The second-order valence-electron chi connectivity index (χ2n) is 6.17. The van der Waals surface area contributed by atoms with Crippen LogP contribution in [-0.2, 0) is 4.79 Å². The SMILES string of the molecule is CCC[N+]1(CCC)C(=O)NC(=O)C2=C1NC(C)(C)N2C(=O)O. The van der Waals surface area contributed by atoms with Crippen LogP contribution in [0.2, 0.25) is 0 Å². The van der Waals surface area contributed by atoms with Crippen LogP contribution in [0.5, 0.6) is 0 Å². The smallest absolute Gasteiger partial charge is 0.429 e. The Kier molecular flexibility index (Phi) is 3.90. The van der Waals surface area contributed by atoms with Crippen molar-refractivity contribution in [3.05, 3.63) is 11.5 Å². The predicted octanol–water partition coefficient (Wildman–Crippen LogP) is 1.36. The average Bonchev–Trinajstić information content (AvgIpc) is 2.69. The van der Waals surface area contributed by atoms with Crippen LogP contribution in [0.3, 0.4) is 0 Å². The summed E-state index contributed by atoms with van der Waals surface area (Å²) in [6.45, 7) is 8.25. The van der Waals surface area contributed by atoms with Gasteiger partial charge in [0.25, 0.3) is 5.91 Å². The zero-order chi connectivity index (χ0) is 16.7. The topological polar surface area (TPSA) is 98.7 Å². The standard InChI is InChI=1S/C14H22N4O4/c1-5-7-18(8-6-2)10-9(11(19)15-12(18)20)17(13(21)22)14(3,4)16-10/h5-8H2,1-4H3,(H2-,15,16,19,20,21,22)/p+1. The van der Waals surface area contributed by atoms with Crippen LogP contribution < -0.4 is 10.6 Å². The number of nitrogens with zero attached hydrogens (tertiary/aromatic N) is 2. The van der Waals surface area contributed by atoms with E-state index in [9.17, 15) is 19.5 Å². The van der Waals surface area contributed by atoms with Gasteiger partial charge in [0.2, 0.25) is 5.82 Å². The van der Waals surface area contributed by atoms with Crippen molar-refractivity contribution in [1.82, 2.24) is 15.5 Å². The molecule has 0 aromatic rings. The third kappa shape index (κ3) is 2.14. The van der Waals surface area contributed by atoms with Gasteiger partial charge in [-0.25, -0.2) is 19.8 Å². The maximum absolute atomic E-state index is 12.5. The maximum Gasteiger partial charge on any atom is 0.429 e. The van der Waals surface area contributed by atoms with E-state index in [1.54, 1.807) is 13.8 Å². The molecule has 8 nitrogen and oxygen atoms in total. The molecule has 0 unspecified atom stereocenters. The summed E-state index contributed by atoms with van der Waals surface area (Å²) in [5, 5.41) is 14.9. The Morgan fingerprint density at radius 3 is 2.23 bits per heavy atom. The summed E-state index contributed by atoms with van der Waals surface area (Å²) in [6.07, 6.45) is 0.235. The minimum absolute atomic E-state index is 0.0269. The summed E-state index contributed by atoms with van der Waals surface area (Å²) in [5.41, 5.74) is -0.956. The van der Waals surface area contributed by atoms with Crippen molar-refractivity contribution in [3.63, 3.8) is 0 Å². The number of carboxylic acid groups (broad SMARTS) is 1. The fraction of sp³-hybridized carbons (Fsp3) is 0.643. The van der Waals surface area contributed by atoms with Gasteiger partial charge in [-0.2, -0.15) is 4.48 Å². The molecule has 0 spiro atoms. The predicted molar refractivity (Wildman–Crippen MR) is 78.2 cm³/mol. The number of quaternary nitrogens is 1. The van der Waals surface area contributed by atoms with Gasteiger partial charge in [0.15, 0.2) is 5.70 Å². The highest BCUT2D eigenvalue weighted by Gasteiger charge is 2.58. The van der Waals surface area contributed by atoms with Gasteiger partial charge in [0.05, 0.1) is 13.1 Å². The first kappa shape index (κ1) is 16.3.